The van der Waals surface area contributed by atoms with Crippen molar-refractivity contribution in [2.45, 2.75) is 44.6 Å². The van der Waals surface area contributed by atoms with Crippen molar-refractivity contribution >= 4 is 11.9 Å². The molecule has 1 N–H and O–H groups in total. The van der Waals surface area contributed by atoms with Gasteiger partial charge in [-0.15, -0.1) is 0 Å². The number of likely N-dealkylation sites (tertiary alicyclic amines) is 1. The number of carbonyl (C=O) groups excluding carboxylic acids is 1. The molecule has 1 saturated carbocycles. The Balaban J connectivity index is 2.21. The summed E-state index contributed by atoms with van der Waals surface area (Å²) in [6.07, 6.45) is 4.86. The predicted octanol–water partition coefficient (Wildman–Crippen LogP) is 1.25. The molecule has 0 aromatic carbocycles. The number of carbonyl (C=O) groups is 2. The summed E-state index contributed by atoms with van der Waals surface area (Å²) >= 11 is 0. The fourth-order valence-electron chi connectivity index (χ4n) is 3.18. The predicted molar refractivity (Wildman–Crippen MR) is 54.3 cm³/mol. The Morgan fingerprint density at radius 2 is 1.93 bits per heavy atom. The third kappa shape index (κ3) is 1.62. The van der Waals surface area contributed by atoms with E-state index in [4.69, 9.17) is 5.11 Å². The lowest BCUT2D eigenvalue weighted by Crippen LogP contribution is -2.44. The molecule has 2 aliphatic rings. The van der Waals surface area contributed by atoms with Crippen LogP contribution >= 0.6 is 0 Å². The van der Waals surface area contributed by atoms with Gasteiger partial charge in [0, 0.05) is 19.0 Å². The third-order valence-corrected chi connectivity index (χ3v) is 3.87. The molecular weight excluding hydrogens is 194 g/mol. The van der Waals surface area contributed by atoms with Gasteiger partial charge in [0.2, 0.25) is 5.91 Å². The van der Waals surface area contributed by atoms with Gasteiger partial charge in [-0.25, -0.2) is 0 Å². The smallest absolute Gasteiger partial charge is 0.308 e. The average Bonchev–Trinajstić information content (AvgIpc) is 2.74. The maximum Gasteiger partial charge on any atom is 0.308 e. The van der Waals surface area contributed by atoms with Gasteiger partial charge in [-0.3, -0.25) is 9.59 Å². The number of nitrogens with zero attached hydrogens (tertiary/aromatic N) is 1. The molecule has 0 aromatic rings. The standard InChI is InChI=1S/C11H17NO3/c1-8(13)12-7-9(10(14)15)6-11(12)4-2-3-5-11/h9H,2-7H2,1H3,(H,14,15). The quantitative estimate of drug-likeness (QED) is 0.710. The van der Waals surface area contributed by atoms with Crippen molar-refractivity contribution in [2.75, 3.05) is 6.54 Å². The second-order valence-electron chi connectivity index (χ2n) is 4.80. The van der Waals surface area contributed by atoms with Gasteiger partial charge >= 0.3 is 5.97 Å². The first-order valence-electron chi connectivity index (χ1n) is 5.56. The molecule has 1 unspecified atom stereocenters. The molecule has 1 saturated heterocycles. The molecule has 1 amide bonds. The first kappa shape index (κ1) is 10.5. The number of aliphatic carboxylic acids is 1. The van der Waals surface area contributed by atoms with Crippen LogP contribution in [0.3, 0.4) is 0 Å². The molecule has 1 aliphatic carbocycles. The van der Waals surface area contributed by atoms with E-state index in [1.807, 2.05) is 0 Å². The Kier molecular flexibility index (Phi) is 2.44. The zero-order chi connectivity index (χ0) is 11.1. The normalized spacial score (nSPS) is 28.6. The highest BCUT2D eigenvalue weighted by Gasteiger charge is 2.50. The highest BCUT2D eigenvalue weighted by molar-refractivity contribution is 5.78. The van der Waals surface area contributed by atoms with Gasteiger partial charge in [-0.05, 0) is 19.3 Å². The zero-order valence-electron chi connectivity index (χ0n) is 9.03. The summed E-state index contributed by atoms with van der Waals surface area (Å²) in [6.45, 7) is 1.95. The van der Waals surface area contributed by atoms with Crippen LogP contribution in [0.5, 0.6) is 0 Å². The van der Waals surface area contributed by atoms with E-state index in [1.54, 1.807) is 11.8 Å². The van der Waals surface area contributed by atoms with Crippen molar-refractivity contribution in [1.82, 2.24) is 4.90 Å². The first-order chi connectivity index (χ1) is 7.05. The highest BCUT2D eigenvalue weighted by atomic mass is 16.4. The lowest BCUT2D eigenvalue weighted by molar-refractivity contribution is -0.141. The van der Waals surface area contributed by atoms with E-state index < -0.39 is 5.97 Å². The molecule has 1 spiro atoms. The number of amides is 1. The van der Waals surface area contributed by atoms with Crippen LogP contribution in [0.1, 0.15) is 39.0 Å². The van der Waals surface area contributed by atoms with Gasteiger partial charge < -0.3 is 10.0 Å². The Morgan fingerprint density at radius 1 is 1.33 bits per heavy atom. The van der Waals surface area contributed by atoms with Crippen LogP contribution in [0.25, 0.3) is 0 Å². The van der Waals surface area contributed by atoms with Crippen molar-refractivity contribution in [3.05, 3.63) is 0 Å². The fourth-order valence-corrected chi connectivity index (χ4v) is 3.18. The number of carboxylic acid groups (broad SMARTS) is 1. The summed E-state index contributed by atoms with van der Waals surface area (Å²) in [4.78, 5) is 24.3. The van der Waals surface area contributed by atoms with Crippen LogP contribution in [-0.4, -0.2) is 34.0 Å². The second kappa shape index (κ2) is 3.51. The Morgan fingerprint density at radius 3 is 2.40 bits per heavy atom. The van der Waals surface area contributed by atoms with Gasteiger partial charge in [0.1, 0.15) is 0 Å². The van der Waals surface area contributed by atoms with E-state index in [0.717, 1.165) is 25.7 Å². The van der Waals surface area contributed by atoms with Crippen LogP contribution < -0.4 is 0 Å². The maximum atomic E-state index is 11.5. The molecule has 15 heavy (non-hydrogen) atoms. The van der Waals surface area contributed by atoms with Crippen molar-refractivity contribution in [3.8, 4) is 0 Å². The number of rotatable bonds is 1. The summed E-state index contributed by atoms with van der Waals surface area (Å²) in [7, 11) is 0. The van der Waals surface area contributed by atoms with E-state index in [-0.39, 0.29) is 17.4 Å². The van der Waals surface area contributed by atoms with Crippen LogP contribution in [0.4, 0.5) is 0 Å². The Hall–Kier alpha value is -1.06. The molecule has 1 heterocycles. The fraction of sp³-hybridized carbons (Fsp3) is 0.818. The molecule has 4 heteroatoms. The highest BCUT2D eigenvalue weighted by Crippen LogP contribution is 2.45. The zero-order valence-corrected chi connectivity index (χ0v) is 9.03. The van der Waals surface area contributed by atoms with Gasteiger partial charge in [0.15, 0.2) is 0 Å². The van der Waals surface area contributed by atoms with Gasteiger partial charge in [-0.1, -0.05) is 12.8 Å². The molecule has 0 radical (unpaired) electrons. The van der Waals surface area contributed by atoms with Crippen LogP contribution in [0.15, 0.2) is 0 Å². The van der Waals surface area contributed by atoms with E-state index >= 15 is 0 Å². The van der Waals surface area contributed by atoms with E-state index in [9.17, 15) is 9.59 Å². The maximum absolute atomic E-state index is 11.5. The molecule has 84 valence electrons. The summed E-state index contributed by atoms with van der Waals surface area (Å²) in [5, 5.41) is 9.02. The van der Waals surface area contributed by atoms with Crippen molar-refractivity contribution in [1.29, 1.82) is 0 Å². The molecule has 2 fully saturated rings. The topological polar surface area (TPSA) is 57.6 Å². The Labute approximate surface area is 89.3 Å². The summed E-state index contributed by atoms with van der Waals surface area (Å²) in [5.41, 5.74) is -0.116. The minimum atomic E-state index is -0.759. The number of hydrogen-bond acceptors (Lipinski definition) is 2. The monoisotopic (exact) mass is 211 g/mol. The van der Waals surface area contributed by atoms with Crippen molar-refractivity contribution in [3.63, 3.8) is 0 Å². The SMILES string of the molecule is CC(=O)N1CC(C(=O)O)CC12CCCC2. The van der Waals surface area contributed by atoms with Gasteiger partial charge in [0.05, 0.1) is 5.92 Å². The number of hydrogen-bond donors (Lipinski definition) is 1. The second-order valence-corrected chi connectivity index (χ2v) is 4.80. The summed E-state index contributed by atoms with van der Waals surface area (Å²) < 4.78 is 0. The molecular formula is C11H17NO3. The Bertz CT molecular complexity index is 294. The molecule has 1 atom stereocenters. The largest absolute Gasteiger partial charge is 0.481 e. The van der Waals surface area contributed by atoms with E-state index in [1.165, 1.54) is 0 Å². The van der Waals surface area contributed by atoms with Crippen LogP contribution in [-0.2, 0) is 9.59 Å². The van der Waals surface area contributed by atoms with Gasteiger partial charge in [-0.2, -0.15) is 0 Å². The van der Waals surface area contributed by atoms with Crippen LogP contribution in [0, 0.1) is 5.92 Å². The average molecular weight is 211 g/mol. The molecule has 2 rings (SSSR count). The molecule has 0 aromatic heterocycles. The molecule has 1 aliphatic heterocycles. The lowest BCUT2D eigenvalue weighted by Gasteiger charge is -2.34. The molecule has 4 nitrogen and oxygen atoms in total. The van der Waals surface area contributed by atoms with Crippen LogP contribution in [0.2, 0.25) is 0 Å². The number of carboxylic acids is 1. The first-order valence-corrected chi connectivity index (χ1v) is 5.56. The summed E-state index contributed by atoms with van der Waals surface area (Å²) in [6, 6.07) is 0. The summed E-state index contributed by atoms with van der Waals surface area (Å²) in [5.74, 6) is -1.09. The molecule has 0 bridgehead atoms. The third-order valence-electron chi connectivity index (χ3n) is 3.87. The minimum Gasteiger partial charge on any atom is -0.481 e. The van der Waals surface area contributed by atoms with E-state index in [2.05, 4.69) is 0 Å². The minimum absolute atomic E-state index is 0.0284. The van der Waals surface area contributed by atoms with Crippen molar-refractivity contribution in [2.24, 2.45) is 5.92 Å². The lowest BCUT2D eigenvalue weighted by atomic mass is 9.90. The van der Waals surface area contributed by atoms with Crippen molar-refractivity contribution < 1.29 is 14.7 Å². The van der Waals surface area contributed by atoms with Gasteiger partial charge in [0.25, 0.3) is 0 Å². The van der Waals surface area contributed by atoms with E-state index in [0.29, 0.717) is 13.0 Å².